The Hall–Kier alpha value is -0.0800. The molecule has 4 atom stereocenters. The van der Waals surface area contributed by atoms with Crippen molar-refractivity contribution in [1.82, 2.24) is 5.32 Å². The highest BCUT2D eigenvalue weighted by atomic mass is 16.3. The molecule has 2 aliphatic rings. The number of hydrogen-bond acceptors (Lipinski definition) is 2. The smallest absolute Gasteiger partial charge is 0.0456 e. The second kappa shape index (κ2) is 7.49. The number of nitrogens with one attached hydrogen (secondary N) is 1. The molecule has 2 saturated carbocycles. The van der Waals surface area contributed by atoms with Crippen LogP contribution in [0.3, 0.4) is 0 Å². The van der Waals surface area contributed by atoms with Crippen molar-refractivity contribution in [3.8, 4) is 0 Å². The lowest BCUT2D eigenvalue weighted by molar-refractivity contribution is 0.143. The van der Waals surface area contributed by atoms with Crippen molar-refractivity contribution in [2.24, 2.45) is 17.8 Å². The minimum atomic E-state index is 0.340. The fraction of sp³-hybridized carbons (Fsp3) is 1.00. The van der Waals surface area contributed by atoms with E-state index in [0.29, 0.717) is 12.5 Å². The molecule has 0 aromatic carbocycles. The Morgan fingerprint density at radius 3 is 2.67 bits per heavy atom. The first-order valence-corrected chi connectivity index (χ1v) is 8.14. The molecular weight excluding hydrogens is 222 g/mol. The Morgan fingerprint density at radius 1 is 1.11 bits per heavy atom. The molecule has 0 heterocycles. The summed E-state index contributed by atoms with van der Waals surface area (Å²) in [5, 5.41) is 12.7. The summed E-state index contributed by atoms with van der Waals surface area (Å²) in [6, 6.07) is 0.786. The Morgan fingerprint density at radius 2 is 1.89 bits per heavy atom. The highest BCUT2D eigenvalue weighted by molar-refractivity contribution is 4.86. The lowest BCUT2D eigenvalue weighted by atomic mass is 9.69. The van der Waals surface area contributed by atoms with E-state index >= 15 is 0 Å². The topological polar surface area (TPSA) is 32.3 Å². The summed E-state index contributed by atoms with van der Waals surface area (Å²) in [6.07, 6.45) is 12.6. The minimum absolute atomic E-state index is 0.340. The zero-order valence-corrected chi connectivity index (χ0v) is 12.0. The second-order valence-corrected chi connectivity index (χ2v) is 6.70. The molecule has 0 radical (unpaired) electrons. The SMILES string of the molecule is CC(CO)CCCNC1CCC2CCCCC2C1. The van der Waals surface area contributed by atoms with Crippen molar-refractivity contribution in [3.63, 3.8) is 0 Å². The average molecular weight is 253 g/mol. The standard InChI is InChI=1S/C16H31NO/c1-13(12-18)5-4-10-17-16-9-8-14-6-2-3-7-15(14)11-16/h13-18H,2-12H2,1H3. The second-order valence-electron chi connectivity index (χ2n) is 6.70. The molecule has 2 fully saturated rings. The molecule has 2 rings (SSSR count). The molecule has 0 aromatic heterocycles. The van der Waals surface area contributed by atoms with Gasteiger partial charge in [-0.1, -0.05) is 32.6 Å². The molecule has 2 N–H and O–H groups in total. The summed E-state index contributed by atoms with van der Waals surface area (Å²) in [7, 11) is 0. The Kier molecular flexibility index (Phi) is 5.97. The molecule has 2 aliphatic carbocycles. The van der Waals surface area contributed by atoms with Gasteiger partial charge in [0.05, 0.1) is 0 Å². The van der Waals surface area contributed by atoms with E-state index < -0.39 is 0 Å². The summed E-state index contributed by atoms with van der Waals surface area (Å²) in [4.78, 5) is 0. The first kappa shape index (κ1) is 14.3. The Labute approximate surface area is 113 Å². The van der Waals surface area contributed by atoms with Crippen LogP contribution in [0, 0.1) is 17.8 Å². The van der Waals surface area contributed by atoms with E-state index in [2.05, 4.69) is 12.2 Å². The van der Waals surface area contributed by atoms with Crippen LogP contribution in [0.25, 0.3) is 0 Å². The molecule has 0 bridgehead atoms. The van der Waals surface area contributed by atoms with E-state index in [9.17, 15) is 0 Å². The predicted molar refractivity (Wildman–Crippen MR) is 76.6 cm³/mol. The summed E-state index contributed by atoms with van der Waals surface area (Å²) < 4.78 is 0. The molecule has 106 valence electrons. The van der Waals surface area contributed by atoms with Crippen LogP contribution in [0.1, 0.15) is 64.7 Å². The molecule has 18 heavy (non-hydrogen) atoms. The van der Waals surface area contributed by atoms with E-state index in [0.717, 1.165) is 30.8 Å². The average Bonchev–Trinajstić information content (AvgIpc) is 2.43. The van der Waals surface area contributed by atoms with Gasteiger partial charge in [0.2, 0.25) is 0 Å². The van der Waals surface area contributed by atoms with Crippen LogP contribution in [0.5, 0.6) is 0 Å². The van der Waals surface area contributed by atoms with E-state index in [1.807, 2.05) is 0 Å². The maximum Gasteiger partial charge on any atom is 0.0456 e. The Bertz CT molecular complexity index is 231. The van der Waals surface area contributed by atoms with Gasteiger partial charge < -0.3 is 10.4 Å². The van der Waals surface area contributed by atoms with Gasteiger partial charge in [-0.2, -0.15) is 0 Å². The predicted octanol–water partition coefficient (Wildman–Crippen LogP) is 3.34. The molecule has 0 aromatic rings. The number of fused-ring (bicyclic) bond motifs is 1. The Balaban J connectivity index is 1.59. The molecule has 2 heteroatoms. The molecule has 0 aliphatic heterocycles. The van der Waals surface area contributed by atoms with Crippen molar-refractivity contribution in [1.29, 1.82) is 0 Å². The first-order chi connectivity index (χ1) is 8.79. The van der Waals surface area contributed by atoms with Gasteiger partial charge in [0.15, 0.2) is 0 Å². The van der Waals surface area contributed by atoms with Crippen molar-refractivity contribution < 1.29 is 5.11 Å². The molecule has 2 nitrogen and oxygen atoms in total. The normalized spacial score (nSPS) is 34.0. The van der Waals surface area contributed by atoms with Gasteiger partial charge in [-0.25, -0.2) is 0 Å². The lowest BCUT2D eigenvalue weighted by Gasteiger charge is -2.39. The number of aliphatic hydroxyl groups is 1. The number of aliphatic hydroxyl groups excluding tert-OH is 1. The van der Waals surface area contributed by atoms with Crippen molar-refractivity contribution in [3.05, 3.63) is 0 Å². The van der Waals surface area contributed by atoms with Crippen LogP contribution < -0.4 is 5.32 Å². The van der Waals surface area contributed by atoms with Gasteiger partial charge >= 0.3 is 0 Å². The molecular formula is C16H31NO. The van der Waals surface area contributed by atoms with Gasteiger partial charge in [0, 0.05) is 12.6 Å². The zero-order valence-electron chi connectivity index (χ0n) is 12.0. The van der Waals surface area contributed by atoms with Crippen molar-refractivity contribution in [2.45, 2.75) is 70.8 Å². The first-order valence-electron chi connectivity index (χ1n) is 8.14. The van der Waals surface area contributed by atoms with Gasteiger partial charge in [-0.3, -0.25) is 0 Å². The van der Waals surface area contributed by atoms with Crippen LogP contribution >= 0.6 is 0 Å². The number of rotatable bonds is 6. The highest BCUT2D eigenvalue weighted by Crippen LogP contribution is 2.40. The molecule has 0 amide bonds. The van der Waals surface area contributed by atoms with Gasteiger partial charge in [-0.15, -0.1) is 0 Å². The third kappa shape index (κ3) is 4.24. The van der Waals surface area contributed by atoms with Gasteiger partial charge in [-0.05, 0) is 56.4 Å². The quantitative estimate of drug-likeness (QED) is 0.712. The monoisotopic (exact) mass is 253 g/mol. The maximum atomic E-state index is 8.99. The number of hydrogen-bond donors (Lipinski definition) is 2. The summed E-state index contributed by atoms with van der Waals surface area (Å²) >= 11 is 0. The third-order valence-electron chi connectivity index (χ3n) is 5.16. The highest BCUT2D eigenvalue weighted by Gasteiger charge is 2.31. The van der Waals surface area contributed by atoms with Gasteiger partial charge in [0.25, 0.3) is 0 Å². The van der Waals surface area contributed by atoms with E-state index in [1.54, 1.807) is 0 Å². The fourth-order valence-electron chi connectivity index (χ4n) is 3.91. The third-order valence-corrected chi connectivity index (χ3v) is 5.16. The van der Waals surface area contributed by atoms with E-state index in [-0.39, 0.29) is 0 Å². The summed E-state index contributed by atoms with van der Waals surface area (Å²) in [6.45, 7) is 3.62. The minimum Gasteiger partial charge on any atom is -0.396 e. The zero-order chi connectivity index (χ0) is 12.8. The van der Waals surface area contributed by atoms with Crippen molar-refractivity contribution >= 4 is 0 Å². The fourth-order valence-corrected chi connectivity index (χ4v) is 3.91. The summed E-state index contributed by atoms with van der Waals surface area (Å²) in [5.41, 5.74) is 0. The van der Waals surface area contributed by atoms with Crippen LogP contribution in [-0.2, 0) is 0 Å². The van der Waals surface area contributed by atoms with Crippen LogP contribution in [0.4, 0.5) is 0 Å². The largest absolute Gasteiger partial charge is 0.396 e. The van der Waals surface area contributed by atoms with Crippen LogP contribution in [0.15, 0.2) is 0 Å². The van der Waals surface area contributed by atoms with Gasteiger partial charge in [0.1, 0.15) is 0 Å². The van der Waals surface area contributed by atoms with Crippen LogP contribution in [-0.4, -0.2) is 24.3 Å². The van der Waals surface area contributed by atoms with E-state index in [1.165, 1.54) is 51.4 Å². The van der Waals surface area contributed by atoms with Crippen LogP contribution in [0.2, 0.25) is 0 Å². The molecule has 4 unspecified atom stereocenters. The molecule has 0 saturated heterocycles. The van der Waals surface area contributed by atoms with E-state index in [4.69, 9.17) is 5.11 Å². The van der Waals surface area contributed by atoms with Crippen molar-refractivity contribution in [2.75, 3.05) is 13.2 Å². The maximum absolute atomic E-state index is 8.99. The lowest BCUT2D eigenvalue weighted by Crippen LogP contribution is -2.39. The summed E-state index contributed by atoms with van der Waals surface area (Å²) in [5.74, 6) is 2.56. The molecule has 0 spiro atoms.